The minimum atomic E-state index is -0.267. The predicted octanol–water partition coefficient (Wildman–Crippen LogP) is 2.27. The van der Waals surface area contributed by atoms with Crippen LogP contribution in [0.5, 0.6) is 0 Å². The average Bonchev–Trinajstić information content (AvgIpc) is 2.24. The van der Waals surface area contributed by atoms with Crippen LogP contribution in [0.25, 0.3) is 0 Å². The van der Waals surface area contributed by atoms with Crippen molar-refractivity contribution in [3.63, 3.8) is 0 Å². The number of rotatable bonds is 3. The molecule has 0 atom stereocenters. The molecule has 0 aromatic heterocycles. The maximum atomic E-state index is 12.4. The molecular weight excluding hydrogens is 212 g/mol. The maximum Gasteiger partial charge on any atom is 0.228 e. The molecule has 1 aliphatic heterocycles. The van der Waals surface area contributed by atoms with E-state index in [1.807, 2.05) is 20.8 Å². The molecule has 1 N–H and O–H groups in total. The van der Waals surface area contributed by atoms with Gasteiger partial charge in [-0.3, -0.25) is 4.79 Å². The van der Waals surface area contributed by atoms with Crippen molar-refractivity contribution in [2.24, 2.45) is 11.3 Å². The number of piperidine rings is 1. The van der Waals surface area contributed by atoms with Crippen molar-refractivity contribution in [1.29, 1.82) is 0 Å². The molecule has 17 heavy (non-hydrogen) atoms. The third-order valence-electron chi connectivity index (χ3n) is 3.44. The summed E-state index contributed by atoms with van der Waals surface area (Å²) in [4.78, 5) is 14.5. The van der Waals surface area contributed by atoms with Gasteiger partial charge in [0.25, 0.3) is 0 Å². The summed E-state index contributed by atoms with van der Waals surface area (Å²) in [5.41, 5.74) is -0.267. The molecule has 1 fully saturated rings. The van der Waals surface area contributed by atoms with Crippen LogP contribution in [-0.2, 0) is 4.79 Å². The van der Waals surface area contributed by atoms with E-state index in [2.05, 4.69) is 24.1 Å². The Morgan fingerprint density at radius 1 is 1.29 bits per heavy atom. The molecule has 0 spiro atoms. The molecule has 0 aromatic rings. The first kappa shape index (κ1) is 14.5. The van der Waals surface area contributed by atoms with Crippen LogP contribution in [0, 0.1) is 11.3 Å². The van der Waals surface area contributed by atoms with E-state index in [0.29, 0.717) is 12.0 Å². The fraction of sp³-hybridized carbons (Fsp3) is 0.929. The predicted molar refractivity (Wildman–Crippen MR) is 71.9 cm³/mol. The van der Waals surface area contributed by atoms with Crippen LogP contribution in [0.2, 0.25) is 0 Å². The van der Waals surface area contributed by atoms with Crippen molar-refractivity contribution in [1.82, 2.24) is 10.2 Å². The van der Waals surface area contributed by atoms with E-state index in [9.17, 15) is 4.79 Å². The van der Waals surface area contributed by atoms with E-state index in [1.165, 1.54) is 12.8 Å². The molecule has 3 nitrogen and oxygen atoms in total. The summed E-state index contributed by atoms with van der Waals surface area (Å²) in [5.74, 6) is 0.955. The quantitative estimate of drug-likeness (QED) is 0.821. The minimum Gasteiger partial charge on any atom is -0.340 e. The molecule has 1 aliphatic rings. The van der Waals surface area contributed by atoms with Crippen molar-refractivity contribution < 1.29 is 4.79 Å². The summed E-state index contributed by atoms with van der Waals surface area (Å²) < 4.78 is 0. The SMILES string of the molecule is CC(C)N(CC1CCNCC1)C(=O)C(C)(C)C. The van der Waals surface area contributed by atoms with E-state index in [1.54, 1.807) is 0 Å². The molecule has 1 heterocycles. The van der Waals surface area contributed by atoms with Crippen LogP contribution in [-0.4, -0.2) is 36.5 Å². The van der Waals surface area contributed by atoms with E-state index in [4.69, 9.17) is 0 Å². The molecular formula is C14H28N2O. The van der Waals surface area contributed by atoms with Gasteiger partial charge >= 0.3 is 0 Å². The van der Waals surface area contributed by atoms with Crippen LogP contribution in [0.4, 0.5) is 0 Å². The Balaban J connectivity index is 2.62. The lowest BCUT2D eigenvalue weighted by molar-refractivity contribution is -0.142. The van der Waals surface area contributed by atoms with Crippen LogP contribution in [0.1, 0.15) is 47.5 Å². The minimum absolute atomic E-state index is 0.267. The lowest BCUT2D eigenvalue weighted by Crippen LogP contribution is -2.47. The second kappa shape index (κ2) is 5.85. The Morgan fingerprint density at radius 2 is 1.82 bits per heavy atom. The molecule has 0 saturated carbocycles. The highest BCUT2D eigenvalue weighted by Crippen LogP contribution is 2.22. The molecule has 1 amide bonds. The third kappa shape index (κ3) is 4.30. The fourth-order valence-electron chi connectivity index (χ4n) is 2.30. The second-order valence-corrected chi connectivity index (χ2v) is 6.49. The molecule has 1 saturated heterocycles. The summed E-state index contributed by atoms with van der Waals surface area (Å²) in [5, 5.41) is 3.37. The molecule has 0 bridgehead atoms. The van der Waals surface area contributed by atoms with Crippen LogP contribution in [0.3, 0.4) is 0 Å². The lowest BCUT2D eigenvalue weighted by atomic mass is 9.91. The Morgan fingerprint density at radius 3 is 2.24 bits per heavy atom. The zero-order chi connectivity index (χ0) is 13.1. The second-order valence-electron chi connectivity index (χ2n) is 6.49. The average molecular weight is 240 g/mol. The summed E-state index contributed by atoms with van der Waals surface area (Å²) in [6, 6.07) is 0.302. The third-order valence-corrected chi connectivity index (χ3v) is 3.44. The highest BCUT2D eigenvalue weighted by atomic mass is 16.2. The monoisotopic (exact) mass is 240 g/mol. The largest absolute Gasteiger partial charge is 0.340 e. The van der Waals surface area contributed by atoms with Gasteiger partial charge in [0.15, 0.2) is 0 Å². The number of amides is 1. The maximum absolute atomic E-state index is 12.4. The molecule has 0 radical (unpaired) electrons. The molecule has 0 aromatic carbocycles. The Hall–Kier alpha value is -0.570. The first-order valence-corrected chi connectivity index (χ1v) is 6.84. The summed E-state index contributed by atoms with van der Waals surface area (Å²) >= 11 is 0. The summed E-state index contributed by atoms with van der Waals surface area (Å²) in [6.07, 6.45) is 2.39. The normalized spacial score (nSPS) is 18.5. The highest BCUT2D eigenvalue weighted by Gasteiger charge is 2.30. The van der Waals surface area contributed by atoms with Crippen molar-refractivity contribution in [2.45, 2.75) is 53.5 Å². The number of nitrogens with zero attached hydrogens (tertiary/aromatic N) is 1. The van der Waals surface area contributed by atoms with Gasteiger partial charge < -0.3 is 10.2 Å². The highest BCUT2D eigenvalue weighted by molar-refractivity contribution is 5.81. The molecule has 100 valence electrons. The summed E-state index contributed by atoms with van der Waals surface area (Å²) in [7, 11) is 0. The summed E-state index contributed by atoms with van der Waals surface area (Å²) in [6.45, 7) is 13.4. The van der Waals surface area contributed by atoms with Crippen LogP contribution in [0.15, 0.2) is 0 Å². The zero-order valence-electron chi connectivity index (χ0n) is 12.0. The van der Waals surface area contributed by atoms with Gasteiger partial charge in [0, 0.05) is 18.0 Å². The number of hydrogen-bond donors (Lipinski definition) is 1. The fourth-order valence-corrected chi connectivity index (χ4v) is 2.30. The van der Waals surface area contributed by atoms with Crippen molar-refractivity contribution in [3.05, 3.63) is 0 Å². The topological polar surface area (TPSA) is 32.3 Å². The first-order chi connectivity index (χ1) is 7.82. The van der Waals surface area contributed by atoms with Crippen molar-refractivity contribution >= 4 is 5.91 Å². The number of carbonyl (C=O) groups excluding carboxylic acids is 1. The lowest BCUT2D eigenvalue weighted by Gasteiger charge is -2.36. The molecule has 1 rings (SSSR count). The van der Waals surface area contributed by atoms with Gasteiger partial charge in [-0.05, 0) is 45.7 Å². The Kier molecular flexibility index (Phi) is 4.99. The van der Waals surface area contributed by atoms with Crippen LogP contribution >= 0.6 is 0 Å². The van der Waals surface area contributed by atoms with Gasteiger partial charge in [0.05, 0.1) is 0 Å². The first-order valence-electron chi connectivity index (χ1n) is 6.84. The number of hydrogen-bond acceptors (Lipinski definition) is 2. The van der Waals surface area contributed by atoms with E-state index in [0.717, 1.165) is 19.6 Å². The Bertz CT molecular complexity index is 249. The van der Waals surface area contributed by atoms with Crippen molar-refractivity contribution in [2.75, 3.05) is 19.6 Å². The van der Waals surface area contributed by atoms with Gasteiger partial charge in [0.2, 0.25) is 5.91 Å². The van der Waals surface area contributed by atoms with Gasteiger partial charge in [0.1, 0.15) is 0 Å². The van der Waals surface area contributed by atoms with Crippen LogP contribution < -0.4 is 5.32 Å². The van der Waals surface area contributed by atoms with E-state index >= 15 is 0 Å². The van der Waals surface area contributed by atoms with Gasteiger partial charge in [-0.15, -0.1) is 0 Å². The number of nitrogens with one attached hydrogen (secondary N) is 1. The standard InChI is InChI=1S/C14H28N2O/c1-11(2)16(13(17)14(3,4)5)10-12-6-8-15-9-7-12/h11-12,15H,6-10H2,1-5H3. The van der Waals surface area contributed by atoms with E-state index in [-0.39, 0.29) is 11.3 Å². The molecule has 0 unspecified atom stereocenters. The van der Waals surface area contributed by atoms with Gasteiger partial charge in [-0.1, -0.05) is 20.8 Å². The molecule has 0 aliphatic carbocycles. The smallest absolute Gasteiger partial charge is 0.228 e. The zero-order valence-corrected chi connectivity index (χ0v) is 12.0. The van der Waals surface area contributed by atoms with E-state index < -0.39 is 0 Å². The van der Waals surface area contributed by atoms with Crippen molar-refractivity contribution in [3.8, 4) is 0 Å². The molecule has 3 heteroatoms. The Labute approximate surface area is 106 Å². The number of carbonyl (C=O) groups is 1. The van der Waals surface area contributed by atoms with Gasteiger partial charge in [-0.25, -0.2) is 0 Å². The van der Waals surface area contributed by atoms with Gasteiger partial charge in [-0.2, -0.15) is 0 Å².